The van der Waals surface area contributed by atoms with Crippen LogP contribution >= 0.6 is 0 Å². The average molecular weight is 237 g/mol. The Kier molecular flexibility index (Phi) is 2.07. The SMILES string of the molecule is N#Cc1cc(O)c2c(c1)c(=O)oc1ccccc12. The summed E-state index contributed by atoms with van der Waals surface area (Å²) in [5, 5.41) is 20.1. The summed E-state index contributed by atoms with van der Waals surface area (Å²) in [6, 6.07) is 11.6. The summed E-state index contributed by atoms with van der Waals surface area (Å²) in [4.78, 5) is 11.8. The van der Waals surface area contributed by atoms with Crippen molar-refractivity contribution in [1.82, 2.24) is 0 Å². The van der Waals surface area contributed by atoms with Gasteiger partial charge < -0.3 is 9.52 Å². The molecule has 2 aromatic carbocycles. The Bertz CT molecular complexity index is 872. The van der Waals surface area contributed by atoms with Gasteiger partial charge in [0.25, 0.3) is 0 Å². The van der Waals surface area contributed by atoms with Crippen LogP contribution in [0.5, 0.6) is 5.75 Å². The van der Waals surface area contributed by atoms with Gasteiger partial charge in [-0.2, -0.15) is 5.26 Å². The predicted octanol–water partition coefficient (Wildman–Crippen LogP) is 2.52. The molecule has 0 unspecified atom stereocenters. The van der Waals surface area contributed by atoms with Gasteiger partial charge >= 0.3 is 5.63 Å². The molecule has 0 aliphatic carbocycles. The third-order valence-electron chi connectivity index (χ3n) is 2.83. The van der Waals surface area contributed by atoms with Crippen molar-refractivity contribution in [3.05, 3.63) is 52.4 Å². The van der Waals surface area contributed by atoms with E-state index in [4.69, 9.17) is 9.68 Å². The lowest BCUT2D eigenvalue weighted by molar-refractivity contribution is 0.481. The Balaban J connectivity index is 2.66. The minimum absolute atomic E-state index is 0.0897. The molecule has 0 aliphatic rings. The van der Waals surface area contributed by atoms with E-state index in [1.165, 1.54) is 12.1 Å². The average Bonchev–Trinajstić information content (AvgIpc) is 2.38. The van der Waals surface area contributed by atoms with Gasteiger partial charge in [0.15, 0.2) is 0 Å². The molecule has 1 heterocycles. The highest BCUT2D eigenvalue weighted by molar-refractivity contribution is 6.07. The van der Waals surface area contributed by atoms with Crippen LogP contribution in [0.25, 0.3) is 21.7 Å². The molecule has 0 saturated carbocycles. The fourth-order valence-electron chi connectivity index (χ4n) is 2.05. The molecule has 0 saturated heterocycles. The number of nitrogens with zero attached hydrogens (tertiary/aromatic N) is 1. The molecule has 3 aromatic rings. The summed E-state index contributed by atoms with van der Waals surface area (Å²) in [5.41, 5.74) is 0.0775. The Morgan fingerprint density at radius 3 is 2.72 bits per heavy atom. The zero-order valence-electron chi connectivity index (χ0n) is 9.18. The van der Waals surface area contributed by atoms with Gasteiger partial charge in [0, 0.05) is 10.8 Å². The molecular weight excluding hydrogens is 230 g/mol. The van der Waals surface area contributed by atoms with Gasteiger partial charge in [-0.05, 0) is 18.2 Å². The van der Waals surface area contributed by atoms with Crippen molar-refractivity contribution in [3.8, 4) is 11.8 Å². The maximum absolute atomic E-state index is 11.8. The van der Waals surface area contributed by atoms with Crippen LogP contribution in [0, 0.1) is 11.3 Å². The van der Waals surface area contributed by atoms with Crippen molar-refractivity contribution in [2.24, 2.45) is 0 Å². The molecular formula is C14H7NO3. The highest BCUT2D eigenvalue weighted by Gasteiger charge is 2.12. The molecule has 86 valence electrons. The molecule has 3 rings (SSSR count). The first-order valence-electron chi connectivity index (χ1n) is 5.29. The lowest BCUT2D eigenvalue weighted by Crippen LogP contribution is -2.00. The van der Waals surface area contributed by atoms with Crippen molar-refractivity contribution in [1.29, 1.82) is 5.26 Å². The zero-order valence-corrected chi connectivity index (χ0v) is 9.18. The number of hydrogen-bond acceptors (Lipinski definition) is 4. The van der Waals surface area contributed by atoms with Gasteiger partial charge in [-0.15, -0.1) is 0 Å². The number of aromatic hydroxyl groups is 1. The molecule has 0 aliphatic heterocycles. The highest BCUT2D eigenvalue weighted by Crippen LogP contribution is 2.31. The summed E-state index contributed by atoms with van der Waals surface area (Å²) in [5.74, 6) is -0.0897. The number of benzene rings is 2. The summed E-state index contributed by atoms with van der Waals surface area (Å²) >= 11 is 0. The molecule has 4 heteroatoms. The van der Waals surface area contributed by atoms with Crippen molar-refractivity contribution < 1.29 is 9.52 Å². The van der Waals surface area contributed by atoms with Crippen molar-refractivity contribution in [2.45, 2.75) is 0 Å². The summed E-state index contributed by atoms with van der Waals surface area (Å²) in [7, 11) is 0. The quantitative estimate of drug-likeness (QED) is 0.481. The monoisotopic (exact) mass is 237 g/mol. The first-order chi connectivity index (χ1) is 8.70. The van der Waals surface area contributed by atoms with Crippen LogP contribution in [-0.4, -0.2) is 5.11 Å². The van der Waals surface area contributed by atoms with Gasteiger partial charge in [0.2, 0.25) is 0 Å². The van der Waals surface area contributed by atoms with Crippen LogP contribution in [-0.2, 0) is 0 Å². The molecule has 0 spiro atoms. The maximum Gasteiger partial charge on any atom is 0.344 e. The van der Waals surface area contributed by atoms with Crippen LogP contribution in [0.1, 0.15) is 5.56 Å². The minimum atomic E-state index is -0.559. The van der Waals surface area contributed by atoms with Gasteiger partial charge in [0.1, 0.15) is 11.3 Å². The highest BCUT2D eigenvalue weighted by atomic mass is 16.4. The van der Waals surface area contributed by atoms with E-state index in [1.807, 2.05) is 6.07 Å². The lowest BCUT2D eigenvalue weighted by atomic mass is 10.0. The van der Waals surface area contributed by atoms with Gasteiger partial charge in [-0.25, -0.2) is 4.79 Å². The summed E-state index contributed by atoms with van der Waals surface area (Å²) in [6.45, 7) is 0. The third-order valence-corrected chi connectivity index (χ3v) is 2.83. The number of phenolic OH excluding ortho intramolecular Hbond substituents is 1. The Morgan fingerprint density at radius 2 is 1.94 bits per heavy atom. The van der Waals surface area contributed by atoms with Crippen LogP contribution in [0.15, 0.2) is 45.6 Å². The van der Waals surface area contributed by atoms with Gasteiger partial charge in [-0.1, -0.05) is 18.2 Å². The molecule has 0 atom stereocenters. The lowest BCUT2D eigenvalue weighted by Gasteiger charge is -2.04. The second-order valence-corrected chi connectivity index (χ2v) is 3.92. The molecule has 4 nitrogen and oxygen atoms in total. The number of rotatable bonds is 0. The smallest absolute Gasteiger partial charge is 0.344 e. The zero-order chi connectivity index (χ0) is 12.7. The first kappa shape index (κ1) is 10.4. The van der Waals surface area contributed by atoms with E-state index in [-0.39, 0.29) is 16.7 Å². The second-order valence-electron chi connectivity index (χ2n) is 3.92. The van der Waals surface area contributed by atoms with Gasteiger partial charge in [-0.3, -0.25) is 0 Å². The third kappa shape index (κ3) is 1.35. The maximum atomic E-state index is 11.8. The fraction of sp³-hybridized carbons (Fsp3) is 0. The van der Waals surface area contributed by atoms with Crippen LogP contribution in [0.2, 0.25) is 0 Å². The Morgan fingerprint density at radius 1 is 1.17 bits per heavy atom. The van der Waals surface area contributed by atoms with E-state index in [1.54, 1.807) is 24.3 Å². The van der Waals surface area contributed by atoms with Crippen LogP contribution < -0.4 is 5.63 Å². The topological polar surface area (TPSA) is 74.2 Å². The Labute approximate surface area is 101 Å². The van der Waals surface area contributed by atoms with E-state index in [9.17, 15) is 9.90 Å². The van der Waals surface area contributed by atoms with Crippen LogP contribution in [0.4, 0.5) is 0 Å². The standard InChI is InChI=1S/C14H7NO3/c15-7-8-5-10-13(11(16)6-8)9-3-1-2-4-12(9)18-14(10)17/h1-6,16H. The molecule has 0 fully saturated rings. The van der Waals surface area contributed by atoms with Crippen LogP contribution in [0.3, 0.4) is 0 Å². The fourth-order valence-corrected chi connectivity index (χ4v) is 2.05. The number of fused-ring (bicyclic) bond motifs is 3. The summed E-state index contributed by atoms with van der Waals surface area (Å²) in [6.07, 6.45) is 0. The first-order valence-corrected chi connectivity index (χ1v) is 5.29. The predicted molar refractivity (Wildman–Crippen MR) is 66.4 cm³/mol. The van der Waals surface area contributed by atoms with Crippen molar-refractivity contribution in [2.75, 3.05) is 0 Å². The Hall–Kier alpha value is -2.80. The summed E-state index contributed by atoms with van der Waals surface area (Å²) < 4.78 is 5.15. The number of para-hydroxylation sites is 1. The number of phenols is 1. The van der Waals surface area contributed by atoms with E-state index in [2.05, 4.69) is 0 Å². The molecule has 1 N–H and O–H groups in total. The molecule has 0 amide bonds. The van der Waals surface area contributed by atoms with Crippen molar-refractivity contribution in [3.63, 3.8) is 0 Å². The molecule has 0 bridgehead atoms. The van der Waals surface area contributed by atoms with E-state index < -0.39 is 5.63 Å². The number of nitriles is 1. The molecule has 1 aromatic heterocycles. The largest absolute Gasteiger partial charge is 0.507 e. The van der Waals surface area contributed by atoms with Gasteiger partial charge in [0.05, 0.1) is 17.0 Å². The van der Waals surface area contributed by atoms with E-state index in [0.29, 0.717) is 16.4 Å². The molecule has 0 radical (unpaired) electrons. The normalized spacial score (nSPS) is 10.6. The molecule has 18 heavy (non-hydrogen) atoms. The second kappa shape index (κ2) is 3.60. The minimum Gasteiger partial charge on any atom is -0.507 e. The van der Waals surface area contributed by atoms with E-state index in [0.717, 1.165) is 0 Å². The number of hydrogen-bond donors (Lipinski definition) is 1. The van der Waals surface area contributed by atoms with Crippen molar-refractivity contribution >= 4 is 21.7 Å². The van der Waals surface area contributed by atoms with E-state index >= 15 is 0 Å².